The second kappa shape index (κ2) is 7.27. The van der Waals surface area contributed by atoms with E-state index in [4.69, 9.17) is 0 Å². The molecule has 0 aromatic heterocycles. The van der Waals surface area contributed by atoms with E-state index in [9.17, 15) is 13.2 Å². The van der Waals surface area contributed by atoms with Crippen LogP contribution in [0.2, 0.25) is 0 Å². The highest BCUT2D eigenvalue weighted by Gasteiger charge is 2.29. The molecular weight excluding hydrogens is 336 g/mol. The topological polar surface area (TPSA) is 66.5 Å². The zero-order valence-corrected chi connectivity index (χ0v) is 16.0. The molecular formula is C19H24N2O3S. The van der Waals surface area contributed by atoms with Gasteiger partial charge in [-0.1, -0.05) is 23.8 Å². The largest absolute Gasteiger partial charge is 0.324 e. The minimum absolute atomic E-state index is 0.382. The van der Waals surface area contributed by atoms with Gasteiger partial charge >= 0.3 is 0 Å². The van der Waals surface area contributed by atoms with Crippen LogP contribution < -0.4 is 9.62 Å². The molecule has 1 amide bonds. The summed E-state index contributed by atoms with van der Waals surface area (Å²) in [5, 5.41) is 2.77. The fraction of sp³-hybridized carbons (Fsp3) is 0.316. The number of hydrogen-bond acceptors (Lipinski definition) is 3. The van der Waals surface area contributed by atoms with Crippen molar-refractivity contribution in [3.63, 3.8) is 0 Å². The molecule has 0 heterocycles. The first-order valence-electron chi connectivity index (χ1n) is 8.04. The summed E-state index contributed by atoms with van der Waals surface area (Å²) in [6.07, 6.45) is 1.11. The zero-order valence-electron chi connectivity index (χ0n) is 15.2. The maximum atomic E-state index is 12.6. The van der Waals surface area contributed by atoms with Gasteiger partial charge in [-0.3, -0.25) is 9.10 Å². The number of aryl methyl sites for hydroxylation is 3. The van der Waals surface area contributed by atoms with Crippen molar-refractivity contribution >= 4 is 27.3 Å². The van der Waals surface area contributed by atoms with E-state index >= 15 is 0 Å². The summed E-state index contributed by atoms with van der Waals surface area (Å²) >= 11 is 0. The van der Waals surface area contributed by atoms with Crippen LogP contribution in [0, 0.1) is 20.8 Å². The third kappa shape index (κ3) is 4.60. The van der Waals surface area contributed by atoms with E-state index in [0.717, 1.165) is 27.3 Å². The van der Waals surface area contributed by atoms with E-state index in [2.05, 4.69) is 5.32 Å². The fourth-order valence-electron chi connectivity index (χ4n) is 2.56. The Bertz CT molecular complexity index is 874. The van der Waals surface area contributed by atoms with E-state index in [1.807, 2.05) is 39.0 Å². The maximum Gasteiger partial charge on any atom is 0.247 e. The van der Waals surface area contributed by atoms with Gasteiger partial charge in [0.2, 0.25) is 15.9 Å². The summed E-state index contributed by atoms with van der Waals surface area (Å²) in [6, 6.07) is 11.8. The van der Waals surface area contributed by atoms with Crippen molar-refractivity contribution in [3.05, 3.63) is 59.2 Å². The minimum atomic E-state index is -3.62. The molecule has 2 rings (SSSR count). The van der Waals surface area contributed by atoms with Gasteiger partial charge in [0, 0.05) is 5.69 Å². The molecule has 1 N–H and O–H groups in total. The Kier molecular flexibility index (Phi) is 5.52. The quantitative estimate of drug-likeness (QED) is 0.888. The highest BCUT2D eigenvalue weighted by Crippen LogP contribution is 2.24. The highest BCUT2D eigenvalue weighted by molar-refractivity contribution is 7.92. The molecule has 0 aliphatic carbocycles. The minimum Gasteiger partial charge on any atom is -0.324 e. The van der Waals surface area contributed by atoms with Crippen LogP contribution >= 0.6 is 0 Å². The summed E-state index contributed by atoms with van der Waals surface area (Å²) in [5.74, 6) is -0.382. The lowest BCUT2D eigenvalue weighted by Crippen LogP contribution is -2.45. The first-order chi connectivity index (χ1) is 11.6. The maximum absolute atomic E-state index is 12.6. The predicted molar refractivity (Wildman–Crippen MR) is 103 cm³/mol. The van der Waals surface area contributed by atoms with Crippen LogP contribution in [0.5, 0.6) is 0 Å². The lowest BCUT2D eigenvalue weighted by atomic mass is 10.1. The Hall–Kier alpha value is -2.34. The van der Waals surface area contributed by atoms with Gasteiger partial charge in [0.1, 0.15) is 6.04 Å². The number of rotatable bonds is 5. The summed E-state index contributed by atoms with van der Waals surface area (Å²) < 4.78 is 25.8. The molecule has 0 bridgehead atoms. The number of anilines is 2. The molecule has 0 aliphatic heterocycles. The average Bonchev–Trinajstić information content (AvgIpc) is 2.51. The van der Waals surface area contributed by atoms with E-state index < -0.39 is 16.1 Å². The summed E-state index contributed by atoms with van der Waals surface area (Å²) in [7, 11) is -3.62. The van der Waals surface area contributed by atoms with Crippen LogP contribution in [-0.4, -0.2) is 26.6 Å². The van der Waals surface area contributed by atoms with Gasteiger partial charge in [0.15, 0.2) is 0 Å². The second-order valence-corrected chi connectivity index (χ2v) is 8.22. The molecule has 1 atom stereocenters. The Balaban J connectivity index is 2.32. The number of nitrogens with zero attached hydrogens (tertiary/aromatic N) is 1. The van der Waals surface area contributed by atoms with Crippen molar-refractivity contribution in [2.45, 2.75) is 33.7 Å². The molecule has 0 unspecified atom stereocenters. The zero-order chi connectivity index (χ0) is 18.8. The van der Waals surface area contributed by atoms with Gasteiger partial charge in [-0.15, -0.1) is 0 Å². The Morgan fingerprint density at radius 1 is 1.00 bits per heavy atom. The van der Waals surface area contributed by atoms with Gasteiger partial charge in [-0.05, 0) is 63.1 Å². The van der Waals surface area contributed by atoms with E-state index in [1.54, 1.807) is 31.2 Å². The van der Waals surface area contributed by atoms with Gasteiger partial charge in [0.05, 0.1) is 11.9 Å². The van der Waals surface area contributed by atoms with Crippen LogP contribution in [0.4, 0.5) is 11.4 Å². The predicted octanol–water partition coefficient (Wildman–Crippen LogP) is 3.41. The van der Waals surface area contributed by atoms with Crippen molar-refractivity contribution < 1.29 is 13.2 Å². The molecule has 2 aromatic rings. The van der Waals surface area contributed by atoms with E-state index in [-0.39, 0.29) is 5.91 Å². The van der Waals surface area contributed by atoms with Crippen LogP contribution in [0.3, 0.4) is 0 Å². The first kappa shape index (κ1) is 19.0. The Labute approximate surface area is 149 Å². The molecule has 2 aromatic carbocycles. The third-order valence-corrected chi connectivity index (χ3v) is 5.39. The van der Waals surface area contributed by atoms with E-state index in [0.29, 0.717) is 11.4 Å². The molecule has 0 saturated carbocycles. The van der Waals surface area contributed by atoms with Crippen LogP contribution in [0.15, 0.2) is 42.5 Å². The first-order valence-corrected chi connectivity index (χ1v) is 9.88. The standard InChI is InChI=1S/C19H24N2O3S/c1-13-6-9-17(10-7-13)20-19(22)16(4)21(25(5,23)24)18-11-8-14(2)15(3)12-18/h6-12,16H,1-5H3,(H,20,22)/t16-/m1/s1. The van der Waals surface area contributed by atoms with Crippen LogP contribution in [-0.2, 0) is 14.8 Å². The summed E-state index contributed by atoms with van der Waals surface area (Å²) in [4.78, 5) is 12.6. The van der Waals surface area contributed by atoms with Gasteiger partial charge < -0.3 is 5.32 Å². The number of carbonyl (C=O) groups excluding carboxylic acids is 1. The van der Waals surface area contributed by atoms with Gasteiger partial charge in [-0.25, -0.2) is 8.42 Å². The number of carbonyl (C=O) groups is 1. The molecule has 5 nitrogen and oxygen atoms in total. The van der Waals surface area contributed by atoms with Gasteiger partial charge in [-0.2, -0.15) is 0 Å². The highest BCUT2D eigenvalue weighted by atomic mass is 32.2. The molecule has 0 saturated heterocycles. The van der Waals surface area contributed by atoms with Crippen molar-refractivity contribution in [2.75, 3.05) is 15.9 Å². The summed E-state index contributed by atoms with van der Waals surface area (Å²) in [5.41, 5.74) is 4.23. The average molecular weight is 360 g/mol. The molecule has 0 fully saturated rings. The fourth-order valence-corrected chi connectivity index (χ4v) is 3.72. The molecule has 0 spiro atoms. The number of nitrogens with one attached hydrogen (secondary N) is 1. The molecule has 0 radical (unpaired) electrons. The molecule has 25 heavy (non-hydrogen) atoms. The number of amides is 1. The SMILES string of the molecule is Cc1ccc(NC(=O)[C@@H](C)N(c2ccc(C)c(C)c2)S(C)(=O)=O)cc1. The van der Waals surface area contributed by atoms with Crippen LogP contribution in [0.1, 0.15) is 23.6 Å². The number of benzene rings is 2. The Morgan fingerprint density at radius 3 is 2.12 bits per heavy atom. The molecule has 0 aliphatic rings. The second-order valence-electron chi connectivity index (χ2n) is 6.36. The Morgan fingerprint density at radius 2 is 1.60 bits per heavy atom. The van der Waals surface area contributed by atoms with Crippen LogP contribution in [0.25, 0.3) is 0 Å². The molecule has 134 valence electrons. The number of hydrogen-bond donors (Lipinski definition) is 1. The summed E-state index contributed by atoms with van der Waals surface area (Å²) in [6.45, 7) is 7.41. The van der Waals surface area contributed by atoms with Crippen molar-refractivity contribution in [2.24, 2.45) is 0 Å². The van der Waals surface area contributed by atoms with Crippen molar-refractivity contribution in [1.29, 1.82) is 0 Å². The molecule has 6 heteroatoms. The smallest absolute Gasteiger partial charge is 0.247 e. The lowest BCUT2D eigenvalue weighted by Gasteiger charge is -2.28. The van der Waals surface area contributed by atoms with Crippen molar-refractivity contribution in [1.82, 2.24) is 0 Å². The van der Waals surface area contributed by atoms with Gasteiger partial charge in [0.25, 0.3) is 0 Å². The van der Waals surface area contributed by atoms with E-state index in [1.165, 1.54) is 0 Å². The third-order valence-electron chi connectivity index (χ3n) is 4.15. The normalized spacial score (nSPS) is 12.5. The lowest BCUT2D eigenvalue weighted by molar-refractivity contribution is -0.116. The van der Waals surface area contributed by atoms with Crippen molar-refractivity contribution in [3.8, 4) is 0 Å². The number of sulfonamides is 1. The monoisotopic (exact) mass is 360 g/mol.